The Balaban J connectivity index is 2.98. The zero-order chi connectivity index (χ0) is 13.0. The number of pyridine rings is 1. The molecule has 0 amide bonds. The molecule has 1 aromatic rings. The van der Waals surface area contributed by atoms with Gasteiger partial charge in [-0.25, -0.2) is 13.8 Å². The average molecular weight is 265 g/mol. The van der Waals surface area contributed by atoms with Crippen molar-refractivity contribution in [3.63, 3.8) is 0 Å². The average Bonchev–Trinajstić information content (AvgIpc) is 2.23. The van der Waals surface area contributed by atoms with Crippen LogP contribution in [-0.4, -0.2) is 17.6 Å². The third kappa shape index (κ3) is 3.52. The van der Waals surface area contributed by atoms with E-state index in [9.17, 15) is 13.6 Å². The maximum absolute atomic E-state index is 12.6. The normalized spacial score (nSPS) is 10.6. The summed E-state index contributed by atoms with van der Waals surface area (Å²) < 4.78 is 29.8. The molecule has 0 aliphatic heterocycles. The van der Waals surface area contributed by atoms with Crippen LogP contribution in [0.1, 0.15) is 24.7 Å². The number of anilines is 1. The third-order valence-corrected chi connectivity index (χ3v) is 2.24. The summed E-state index contributed by atoms with van der Waals surface area (Å²) in [7, 11) is 0. The lowest BCUT2D eigenvalue weighted by atomic mass is 10.2. The number of hydrogen-bond donors (Lipinski definition) is 1. The van der Waals surface area contributed by atoms with E-state index < -0.39 is 18.1 Å². The molecule has 94 valence electrons. The zero-order valence-corrected chi connectivity index (χ0v) is 9.80. The van der Waals surface area contributed by atoms with E-state index in [4.69, 9.17) is 17.3 Å². The number of halogens is 3. The van der Waals surface area contributed by atoms with Crippen LogP contribution in [0.5, 0.6) is 0 Å². The molecule has 1 aromatic heterocycles. The first-order valence-corrected chi connectivity index (χ1v) is 5.22. The molecule has 0 radical (unpaired) electrons. The molecule has 0 unspecified atom stereocenters. The summed E-state index contributed by atoms with van der Waals surface area (Å²) in [6.45, 7) is 1.86. The fraction of sp³-hybridized carbons (Fsp3) is 0.400. The summed E-state index contributed by atoms with van der Waals surface area (Å²) in [5.41, 5.74) is 4.58. The highest BCUT2D eigenvalue weighted by Gasteiger charge is 2.18. The van der Waals surface area contributed by atoms with Gasteiger partial charge >= 0.3 is 5.97 Å². The van der Waals surface area contributed by atoms with Gasteiger partial charge in [0.2, 0.25) is 0 Å². The predicted molar refractivity (Wildman–Crippen MR) is 59.0 cm³/mol. The van der Waals surface area contributed by atoms with Crippen molar-refractivity contribution >= 4 is 23.3 Å². The summed E-state index contributed by atoms with van der Waals surface area (Å²) in [5, 5.41) is -0.0467. The van der Waals surface area contributed by atoms with Gasteiger partial charge in [-0.1, -0.05) is 11.6 Å². The predicted octanol–water partition coefficient (Wildman–Crippen LogP) is 2.36. The first kappa shape index (κ1) is 13.6. The van der Waals surface area contributed by atoms with Gasteiger partial charge in [-0.3, -0.25) is 4.79 Å². The summed E-state index contributed by atoms with van der Waals surface area (Å²) in [5.74, 6) is -0.555. The molecule has 0 spiro atoms. The molecular formula is C10H11ClF2N2O2. The van der Waals surface area contributed by atoms with Crippen LogP contribution in [0.3, 0.4) is 0 Å². The molecule has 4 nitrogen and oxygen atoms in total. The number of carbonyl (C=O) groups excluding carboxylic acids is 1. The van der Waals surface area contributed by atoms with Gasteiger partial charge in [0, 0.05) is 0 Å². The van der Waals surface area contributed by atoms with Gasteiger partial charge in [-0.15, -0.1) is 0 Å². The lowest BCUT2D eigenvalue weighted by molar-refractivity contribution is -0.142. The second kappa shape index (κ2) is 5.77. The number of esters is 1. The summed E-state index contributed by atoms with van der Waals surface area (Å²) in [6.07, 6.45) is -3.05. The molecule has 7 heteroatoms. The summed E-state index contributed by atoms with van der Waals surface area (Å²) in [6, 6.07) is 1.28. The lowest BCUT2D eigenvalue weighted by Crippen LogP contribution is -2.11. The Morgan fingerprint density at radius 1 is 1.65 bits per heavy atom. The quantitative estimate of drug-likeness (QED) is 0.848. The summed E-state index contributed by atoms with van der Waals surface area (Å²) in [4.78, 5) is 14.8. The molecule has 0 aromatic carbocycles. The van der Waals surface area contributed by atoms with Crippen LogP contribution in [0.4, 0.5) is 14.5 Å². The number of nitrogen functional groups attached to an aromatic ring is 1. The van der Waals surface area contributed by atoms with Crippen molar-refractivity contribution in [1.29, 1.82) is 0 Å². The Bertz CT molecular complexity index is 427. The number of hydrogen-bond acceptors (Lipinski definition) is 4. The molecular weight excluding hydrogens is 254 g/mol. The van der Waals surface area contributed by atoms with Gasteiger partial charge in [0.15, 0.2) is 0 Å². The fourth-order valence-corrected chi connectivity index (χ4v) is 1.43. The van der Waals surface area contributed by atoms with E-state index in [1.54, 1.807) is 6.92 Å². The summed E-state index contributed by atoms with van der Waals surface area (Å²) >= 11 is 5.67. The first-order valence-electron chi connectivity index (χ1n) is 4.84. The Labute approximate surface area is 102 Å². The number of nitrogens with zero attached hydrogens (tertiary/aromatic N) is 1. The van der Waals surface area contributed by atoms with Crippen molar-refractivity contribution in [2.75, 3.05) is 12.3 Å². The molecule has 0 saturated heterocycles. The second-order valence-electron chi connectivity index (χ2n) is 3.18. The van der Waals surface area contributed by atoms with Crippen molar-refractivity contribution in [2.24, 2.45) is 0 Å². The van der Waals surface area contributed by atoms with Crippen LogP contribution in [0.25, 0.3) is 0 Å². The Morgan fingerprint density at radius 2 is 2.29 bits per heavy atom. The number of alkyl halides is 2. The van der Waals surface area contributed by atoms with Crippen molar-refractivity contribution in [2.45, 2.75) is 19.8 Å². The van der Waals surface area contributed by atoms with E-state index in [1.165, 1.54) is 6.07 Å². The smallest absolute Gasteiger partial charge is 0.311 e. The van der Waals surface area contributed by atoms with Crippen molar-refractivity contribution < 1.29 is 18.3 Å². The van der Waals surface area contributed by atoms with Crippen molar-refractivity contribution in [1.82, 2.24) is 4.98 Å². The first-order chi connectivity index (χ1) is 7.95. The van der Waals surface area contributed by atoms with E-state index >= 15 is 0 Å². The molecule has 2 N–H and O–H groups in total. The van der Waals surface area contributed by atoms with Gasteiger partial charge in [0.1, 0.15) is 5.69 Å². The van der Waals surface area contributed by atoms with Crippen molar-refractivity contribution in [3.05, 3.63) is 22.5 Å². The van der Waals surface area contributed by atoms with Crippen LogP contribution in [0, 0.1) is 0 Å². The Kier molecular flexibility index (Phi) is 4.62. The minimum absolute atomic E-state index is 0.0467. The fourth-order valence-electron chi connectivity index (χ4n) is 1.21. The highest BCUT2D eigenvalue weighted by molar-refractivity contribution is 6.33. The van der Waals surface area contributed by atoms with Gasteiger partial charge in [0.25, 0.3) is 6.43 Å². The van der Waals surface area contributed by atoms with E-state index in [0.29, 0.717) is 0 Å². The SMILES string of the molecule is CCOC(=O)Cc1cc(Cl)c(N)c(C(F)F)n1. The highest BCUT2D eigenvalue weighted by atomic mass is 35.5. The van der Waals surface area contributed by atoms with Gasteiger partial charge in [-0.2, -0.15) is 0 Å². The molecule has 0 aliphatic rings. The molecule has 0 aliphatic carbocycles. The molecule has 0 atom stereocenters. The molecule has 1 heterocycles. The van der Waals surface area contributed by atoms with E-state index in [2.05, 4.69) is 9.72 Å². The lowest BCUT2D eigenvalue weighted by Gasteiger charge is -2.08. The molecule has 0 saturated carbocycles. The van der Waals surface area contributed by atoms with E-state index in [0.717, 1.165) is 0 Å². The van der Waals surface area contributed by atoms with Gasteiger partial charge < -0.3 is 10.5 Å². The van der Waals surface area contributed by atoms with Crippen LogP contribution in [-0.2, 0) is 16.0 Å². The number of ether oxygens (including phenoxy) is 1. The molecule has 17 heavy (non-hydrogen) atoms. The highest BCUT2D eigenvalue weighted by Crippen LogP contribution is 2.29. The number of nitrogens with two attached hydrogens (primary N) is 1. The van der Waals surface area contributed by atoms with Crippen LogP contribution < -0.4 is 5.73 Å². The topological polar surface area (TPSA) is 65.2 Å². The van der Waals surface area contributed by atoms with Crippen LogP contribution in [0.15, 0.2) is 6.07 Å². The number of aromatic nitrogens is 1. The monoisotopic (exact) mass is 264 g/mol. The van der Waals surface area contributed by atoms with Crippen molar-refractivity contribution in [3.8, 4) is 0 Å². The largest absolute Gasteiger partial charge is 0.466 e. The molecule has 0 fully saturated rings. The zero-order valence-electron chi connectivity index (χ0n) is 9.04. The molecule has 0 bridgehead atoms. The molecule has 1 rings (SSSR count). The van der Waals surface area contributed by atoms with Crippen LogP contribution in [0.2, 0.25) is 5.02 Å². The number of carbonyl (C=O) groups is 1. The standard InChI is InChI=1S/C10H11ClF2N2O2/c1-2-17-7(16)4-5-3-6(11)8(14)9(15-5)10(12)13/h3,10H,2,4,14H2,1H3. The Hall–Kier alpha value is -1.43. The number of rotatable bonds is 4. The maximum atomic E-state index is 12.6. The van der Waals surface area contributed by atoms with Gasteiger partial charge in [-0.05, 0) is 13.0 Å². The minimum atomic E-state index is -2.84. The maximum Gasteiger partial charge on any atom is 0.311 e. The van der Waals surface area contributed by atoms with Crippen LogP contribution >= 0.6 is 11.6 Å². The second-order valence-corrected chi connectivity index (χ2v) is 3.58. The Morgan fingerprint density at radius 3 is 2.82 bits per heavy atom. The van der Waals surface area contributed by atoms with E-state index in [-0.39, 0.29) is 29.4 Å². The van der Waals surface area contributed by atoms with Gasteiger partial charge in [0.05, 0.1) is 29.4 Å². The van der Waals surface area contributed by atoms with E-state index in [1.807, 2.05) is 0 Å². The minimum Gasteiger partial charge on any atom is -0.466 e. The third-order valence-electron chi connectivity index (χ3n) is 1.93.